The van der Waals surface area contributed by atoms with Gasteiger partial charge in [0.25, 0.3) is 0 Å². The van der Waals surface area contributed by atoms with Gasteiger partial charge in [-0.2, -0.15) is 0 Å². The van der Waals surface area contributed by atoms with E-state index in [0.29, 0.717) is 0 Å². The van der Waals surface area contributed by atoms with E-state index in [4.69, 9.17) is 0 Å². The van der Waals surface area contributed by atoms with E-state index in [1.54, 1.807) is 9.02 Å². The molecule has 77 valence electrons. The fourth-order valence-corrected chi connectivity index (χ4v) is 2.92. The molecule has 0 amide bonds. The van der Waals surface area contributed by atoms with Crippen molar-refractivity contribution in [2.75, 3.05) is 0 Å². The quantitative estimate of drug-likeness (QED) is 0.675. The fraction of sp³-hybridized carbons (Fsp3) is 0.385. The predicted molar refractivity (Wildman–Crippen MR) is 57.5 cm³/mol. The van der Waals surface area contributed by atoms with Crippen molar-refractivity contribution in [2.24, 2.45) is 0 Å². The molecule has 0 atom stereocenters. The molecule has 0 N–H and O–H groups in total. The average molecular weight is 231 g/mol. The summed E-state index contributed by atoms with van der Waals surface area (Å²) >= 11 is 1.48. The standard InChI is InChI=1S/C8H11.C5H5.Co/c1-2-4-6-8-7-5-3-1;1-2-4-5-3-1;/h1-3H,4,6-8H2;1-3H,4H2;/b2-1-,5-3?;;. The summed E-state index contributed by atoms with van der Waals surface area (Å²) < 4.78 is 3.12. The Labute approximate surface area is 92.5 Å². The molecule has 0 radical (unpaired) electrons. The van der Waals surface area contributed by atoms with Crippen LogP contribution in [0.15, 0.2) is 45.5 Å². The molecule has 0 saturated heterocycles. The molecule has 0 aliphatic heterocycles. The van der Waals surface area contributed by atoms with E-state index in [2.05, 4.69) is 36.5 Å². The predicted octanol–water partition coefficient (Wildman–Crippen LogP) is 3.93. The fourth-order valence-electron chi connectivity index (χ4n) is 1.58. The van der Waals surface area contributed by atoms with Gasteiger partial charge in [-0.3, -0.25) is 0 Å². The Balaban J connectivity index is 1.94. The summed E-state index contributed by atoms with van der Waals surface area (Å²) in [5.74, 6) is 0. The van der Waals surface area contributed by atoms with Crippen LogP contribution in [0.2, 0.25) is 0 Å². The van der Waals surface area contributed by atoms with Gasteiger partial charge in [-0.05, 0) is 0 Å². The Hall–Kier alpha value is -0.534. The third kappa shape index (κ3) is 3.00. The van der Waals surface area contributed by atoms with E-state index < -0.39 is 0 Å². The van der Waals surface area contributed by atoms with Gasteiger partial charge in [0.1, 0.15) is 0 Å². The van der Waals surface area contributed by atoms with E-state index in [0.717, 1.165) is 6.42 Å². The summed E-state index contributed by atoms with van der Waals surface area (Å²) in [6.07, 6.45) is 19.9. The summed E-state index contributed by atoms with van der Waals surface area (Å²) in [6.45, 7) is 0. The van der Waals surface area contributed by atoms with Crippen LogP contribution in [-0.4, -0.2) is 0 Å². The van der Waals surface area contributed by atoms with Crippen molar-refractivity contribution in [3.63, 3.8) is 0 Å². The Bertz CT molecular complexity index is 305. The second-order valence-corrected chi connectivity index (χ2v) is 5.16. The Kier molecular flexibility index (Phi) is 3.84. The van der Waals surface area contributed by atoms with Gasteiger partial charge in [-0.15, -0.1) is 0 Å². The maximum atomic E-state index is 2.30. The summed E-state index contributed by atoms with van der Waals surface area (Å²) in [5.41, 5.74) is 0. The number of hydrogen-bond donors (Lipinski definition) is 0. The van der Waals surface area contributed by atoms with Gasteiger partial charge in [0.2, 0.25) is 0 Å². The van der Waals surface area contributed by atoms with E-state index in [9.17, 15) is 0 Å². The molecule has 0 aromatic carbocycles. The molecular formula is C13H16Co. The van der Waals surface area contributed by atoms with Gasteiger partial charge >= 0.3 is 92.3 Å². The maximum absolute atomic E-state index is 2.30. The first-order valence-corrected chi connectivity index (χ1v) is 6.31. The minimum atomic E-state index is 1.15. The van der Waals surface area contributed by atoms with Crippen molar-refractivity contribution in [3.8, 4) is 0 Å². The Morgan fingerprint density at radius 1 is 0.929 bits per heavy atom. The van der Waals surface area contributed by atoms with Crippen molar-refractivity contribution in [2.45, 2.75) is 32.1 Å². The summed E-state index contributed by atoms with van der Waals surface area (Å²) in [5, 5.41) is 0. The molecule has 0 spiro atoms. The summed E-state index contributed by atoms with van der Waals surface area (Å²) in [6, 6.07) is 0. The summed E-state index contributed by atoms with van der Waals surface area (Å²) in [7, 11) is 0. The van der Waals surface area contributed by atoms with Crippen LogP contribution >= 0.6 is 0 Å². The van der Waals surface area contributed by atoms with Crippen LogP contribution in [-0.2, 0) is 14.7 Å². The van der Waals surface area contributed by atoms with Gasteiger partial charge in [-0.1, -0.05) is 0 Å². The molecule has 2 rings (SSSR count). The number of rotatable bonds is 2. The van der Waals surface area contributed by atoms with Gasteiger partial charge < -0.3 is 0 Å². The molecule has 0 fully saturated rings. The molecule has 2 aliphatic rings. The molecule has 14 heavy (non-hydrogen) atoms. The van der Waals surface area contributed by atoms with E-state index >= 15 is 0 Å². The second kappa shape index (κ2) is 5.37. The molecule has 0 heterocycles. The topological polar surface area (TPSA) is 0 Å². The average Bonchev–Trinajstić information content (AvgIpc) is 2.62. The van der Waals surface area contributed by atoms with Crippen LogP contribution < -0.4 is 0 Å². The first kappa shape index (κ1) is 10.0. The molecule has 0 nitrogen and oxygen atoms in total. The number of hydrogen-bond acceptors (Lipinski definition) is 0. The molecule has 0 saturated carbocycles. The molecule has 0 aromatic rings. The molecule has 0 bridgehead atoms. The molecule has 0 unspecified atom stereocenters. The second-order valence-electron chi connectivity index (χ2n) is 3.56. The van der Waals surface area contributed by atoms with Crippen molar-refractivity contribution in [1.29, 1.82) is 0 Å². The molecule has 2 aliphatic carbocycles. The van der Waals surface area contributed by atoms with E-state index in [-0.39, 0.29) is 0 Å². The zero-order chi connectivity index (χ0) is 9.64. The van der Waals surface area contributed by atoms with E-state index in [1.165, 1.54) is 40.4 Å². The van der Waals surface area contributed by atoms with Gasteiger partial charge in [0, 0.05) is 0 Å². The van der Waals surface area contributed by atoms with Crippen molar-refractivity contribution >= 4 is 0 Å². The van der Waals surface area contributed by atoms with Crippen LogP contribution in [0.25, 0.3) is 0 Å². The molecule has 0 aromatic heterocycles. The minimum absolute atomic E-state index is 1.15. The van der Waals surface area contributed by atoms with Crippen LogP contribution in [0.5, 0.6) is 0 Å². The van der Waals surface area contributed by atoms with Crippen molar-refractivity contribution in [1.82, 2.24) is 0 Å². The van der Waals surface area contributed by atoms with Crippen molar-refractivity contribution < 1.29 is 14.7 Å². The van der Waals surface area contributed by atoms with Crippen LogP contribution in [0.1, 0.15) is 32.1 Å². The first-order valence-electron chi connectivity index (χ1n) is 5.27. The van der Waals surface area contributed by atoms with E-state index in [1.807, 2.05) is 0 Å². The van der Waals surface area contributed by atoms with Gasteiger partial charge in [0.05, 0.1) is 0 Å². The van der Waals surface area contributed by atoms with Crippen LogP contribution in [0, 0.1) is 0 Å². The monoisotopic (exact) mass is 231 g/mol. The van der Waals surface area contributed by atoms with Gasteiger partial charge in [0.15, 0.2) is 0 Å². The summed E-state index contributed by atoms with van der Waals surface area (Å²) in [4.78, 5) is 0. The van der Waals surface area contributed by atoms with Crippen LogP contribution in [0.4, 0.5) is 0 Å². The van der Waals surface area contributed by atoms with Gasteiger partial charge in [-0.25, -0.2) is 0 Å². The normalized spacial score (nSPS) is 27.7. The Morgan fingerprint density at radius 2 is 1.79 bits per heavy atom. The third-order valence-corrected chi connectivity index (χ3v) is 3.84. The van der Waals surface area contributed by atoms with Crippen LogP contribution in [0.3, 0.4) is 0 Å². The zero-order valence-corrected chi connectivity index (χ0v) is 9.37. The van der Waals surface area contributed by atoms with Crippen molar-refractivity contribution in [3.05, 3.63) is 45.5 Å². The first-order chi connectivity index (χ1) is 6.95. The molecular weight excluding hydrogens is 215 g/mol. The Morgan fingerprint density at radius 3 is 2.64 bits per heavy atom. The molecule has 1 heteroatoms. The number of allylic oxidation sites excluding steroid dienone is 8. The zero-order valence-electron chi connectivity index (χ0n) is 8.33. The third-order valence-electron chi connectivity index (χ3n) is 2.35. The SMILES string of the molecule is C1=CC[C]([Co]/[C]2=C/C=C\CCCC2)=C1.